The molecule has 0 fully saturated rings. The Morgan fingerprint density at radius 3 is 2.75 bits per heavy atom. The molecule has 0 spiro atoms. The minimum absolute atomic E-state index is 0.0512. The lowest BCUT2D eigenvalue weighted by molar-refractivity contribution is 0.869. The van der Waals surface area contributed by atoms with E-state index in [9.17, 15) is 0 Å². The number of nitrogens with zero attached hydrogens (tertiary/aromatic N) is 3. The van der Waals surface area contributed by atoms with Gasteiger partial charge in [-0.15, -0.1) is 0 Å². The van der Waals surface area contributed by atoms with Crippen LogP contribution in [0.3, 0.4) is 0 Å². The quantitative estimate of drug-likeness (QED) is 0.645. The number of nitrogens with two attached hydrogens (primary N) is 1. The van der Waals surface area contributed by atoms with Crippen molar-refractivity contribution in [1.29, 1.82) is 5.41 Å². The lowest BCUT2D eigenvalue weighted by Crippen LogP contribution is -2.19. The number of hydrogen-bond acceptors (Lipinski definition) is 4. The summed E-state index contributed by atoms with van der Waals surface area (Å²) in [7, 11) is 1.92. The SMILES string of the molecule is CCCc1cc(N(C)c2ccccc2C(=N)N)ncn1. The van der Waals surface area contributed by atoms with E-state index < -0.39 is 0 Å². The molecule has 1 heterocycles. The fourth-order valence-electron chi connectivity index (χ4n) is 2.08. The second kappa shape index (κ2) is 6.14. The van der Waals surface area contributed by atoms with Crippen molar-refractivity contribution in [1.82, 2.24) is 9.97 Å². The molecule has 0 atom stereocenters. The molecular weight excluding hydrogens is 250 g/mol. The van der Waals surface area contributed by atoms with E-state index >= 15 is 0 Å². The normalized spacial score (nSPS) is 10.3. The number of amidine groups is 1. The maximum absolute atomic E-state index is 7.66. The summed E-state index contributed by atoms with van der Waals surface area (Å²) >= 11 is 0. The summed E-state index contributed by atoms with van der Waals surface area (Å²) in [6, 6.07) is 9.53. The molecule has 3 N–H and O–H groups in total. The largest absolute Gasteiger partial charge is 0.384 e. The van der Waals surface area contributed by atoms with E-state index in [4.69, 9.17) is 11.1 Å². The van der Waals surface area contributed by atoms with E-state index in [1.165, 1.54) is 0 Å². The van der Waals surface area contributed by atoms with E-state index in [1.54, 1.807) is 6.33 Å². The lowest BCUT2D eigenvalue weighted by Gasteiger charge is -2.21. The van der Waals surface area contributed by atoms with Crippen LogP contribution in [0.1, 0.15) is 24.6 Å². The molecule has 0 saturated carbocycles. The van der Waals surface area contributed by atoms with Gasteiger partial charge < -0.3 is 10.6 Å². The van der Waals surface area contributed by atoms with Crippen molar-refractivity contribution >= 4 is 17.3 Å². The summed E-state index contributed by atoms with van der Waals surface area (Å²) < 4.78 is 0. The van der Waals surface area contributed by atoms with E-state index in [1.807, 2.05) is 42.3 Å². The molecule has 0 amide bonds. The molecule has 0 aliphatic carbocycles. The van der Waals surface area contributed by atoms with Gasteiger partial charge in [-0.3, -0.25) is 5.41 Å². The van der Waals surface area contributed by atoms with E-state index in [0.29, 0.717) is 5.56 Å². The number of aryl methyl sites for hydroxylation is 1. The van der Waals surface area contributed by atoms with Crippen LogP contribution in [0.25, 0.3) is 0 Å². The van der Waals surface area contributed by atoms with Gasteiger partial charge in [0.2, 0.25) is 0 Å². The van der Waals surface area contributed by atoms with Gasteiger partial charge in [-0.25, -0.2) is 9.97 Å². The summed E-state index contributed by atoms with van der Waals surface area (Å²) in [5, 5.41) is 7.66. The summed E-state index contributed by atoms with van der Waals surface area (Å²) in [6.07, 6.45) is 3.55. The monoisotopic (exact) mass is 269 g/mol. The van der Waals surface area contributed by atoms with Crippen molar-refractivity contribution in [3.63, 3.8) is 0 Å². The van der Waals surface area contributed by atoms with Crippen LogP contribution >= 0.6 is 0 Å². The first kappa shape index (κ1) is 14.0. The van der Waals surface area contributed by atoms with Crippen LogP contribution < -0.4 is 10.6 Å². The molecule has 1 aromatic heterocycles. The fraction of sp³-hybridized carbons (Fsp3) is 0.267. The summed E-state index contributed by atoms with van der Waals surface area (Å²) in [4.78, 5) is 10.5. The van der Waals surface area contributed by atoms with Crippen LogP contribution in [0.2, 0.25) is 0 Å². The number of aromatic nitrogens is 2. The number of nitrogen functional groups attached to an aromatic ring is 1. The molecule has 20 heavy (non-hydrogen) atoms. The third kappa shape index (κ3) is 2.93. The summed E-state index contributed by atoms with van der Waals surface area (Å²) in [5.74, 6) is 0.854. The standard InChI is InChI=1S/C15H19N5/c1-3-6-11-9-14(19-10-18-11)20(2)13-8-5-4-7-12(13)15(16)17/h4-5,7-10H,3,6H2,1-2H3,(H3,16,17). The van der Waals surface area contributed by atoms with Crippen LogP contribution in [-0.4, -0.2) is 22.9 Å². The number of anilines is 2. The first-order valence-corrected chi connectivity index (χ1v) is 6.61. The van der Waals surface area contributed by atoms with Crippen LogP contribution in [-0.2, 0) is 6.42 Å². The average molecular weight is 269 g/mol. The molecule has 0 radical (unpaired) electrons. The van der Waals surface area contributed by atoms with Crippen LogP contribution in [0, 0.1) is 5.41 Å². The second-order valence-corrected chi connectivity index (χ2v) is 4.61. The van der Waals surface area contributed by atoms with Crippen molar-refractivity contribution in [3.8, 4) is 0 Å². The molecular formula is C15H19N5. The highest BCUT2D eigenvalue weighted by Crippen LogP contribution is 2.25. The Kier molecular flexibility index (Phi) is 4.30. The van der Waals surface area contributed by atoms with E-state index in [0.717, 1.165) is 30.0 Å². The summed E-state index contributed by atoms with van der Waals surface area (Å²) in [6.45, 7) is 2.12. The predicted molar refractivity (Wildman–Crippen MR) is 81.5 cm³/mol. The van der Waals surface area contributed by atoms with Crippen LogP contribution in [0.4, 0.5) is 11.5 Å². The first-order valence-electron chi connectivity index (χ1n) is 6.61. The Labute approximate surface area is 119 Å². The van der Waals surface area contributed by atoms with Gasteiger partial charge in [-0.1, -0.05) is 25.5 Å². The van der Waals surface area contributed by atoms with Gasteiger partial charge in [-0.05, 0) is 18.6 Å². The zero-order chi connectivity index (χ0) is 14.5. The predicted octanol–water partition coefficient (Wildman–Crippen LogP) is 2.48. The number of rotatable bonds is 5. The fourth-order valence-corrected chi connectivity index (χ4v) is 2.08. The maximum Gasteiger partial charge on any atom is 0.136 e. The molecule has 104 valence electrons. The molecule has 1 aromatic carbocycles. The molecule has 0 unspecified atom stereocenters. The maximum atomic E-state index is 7.66. The third-order valence-corrected chi connectivity index (χ3v) is 3.11. The van der Waals surface area contributed by atoms with Gasteiger partial charge in [0.15, 0.2) is 0 Å². The van der Waals surface area contributed by atoms with Gasteiger partial charge in [-0.2, -0.15) is 0 Å². The number of nitrogens with one attached hydrogen (secondary N) is 1. The first-order chi connectivity index (χ1) is 9.63. The van der Waals surface area contributed by atoms with Crippen molar-refractivity contribution < 1.29 is 0 Å². The molecule has 2 rings (SSSR count). The summed E-state index contributed by atoms with van der Waals surface area (Å²) in [5.41, 5.74) is 8.21. The number of para-hydroxylation sites is 1. The second-order valence-electron chi connectivity index (χ2n) is 4.61. The smallest absolute Gasteiger partial charge is 0.136 e. The van der Waals surface area contributed by atoms with Crippen molar-refractivity contribution in [2.75, 3.05) is 11.9 Å². The van der Waals surface area contributed by atoms with Gasteiger partial charge in [0.25, 0.3) is 0 Å². The number of hydrogen-bond donors (Lipinski definition) is 2. The Hall–Kier alpha value is -2.43. The van der Waals surface area contributed by atoms with Crippen LogP contribution in [0.5, 0.6) is 0 Å². The molecule has 0 bridgehead atoms. The minimum Gasteiger partial charge on any atom is -0.384 e. The van der Waals surface area contributed by atoms with E-state index in [-0.39, 0.29) is 5.84 Å². The minimum atomic E-state index is 0.0512. The molecule has 0 aliphatic heterocycles. The van der Waals surface area contributed by atoms with Gasteiger partial charge in [0, 0.05) is 24.4 Å². The molecule has 0 saturated heterocycles. The Morgan fingerprint density at radius 2 is 2.05 bits per heavy atom. The highest BCUT2D eigenvalue weighted by Gasteiger charge is 2.12. The molecule has 5 heteroatoms. The third-order valence-electron chi connectivity index (χ3n) is 3.11. The van der Waals surface area contributed by atoms with Crippen molar-refractivity contribution in [3.05, 3.63) is 47.9 Å². The Morgan fingerprint density at radius 1 is 1.30 bits per heavy atom. The highest BCUT2D eigenvalue weighted by molar-refractivity contribution is 6.01. The van der Waals surface area contributed by atoms with Gasteiger partial charge in [0.1, 0.15) is 18.0 Å². The Balaban J connectivity index is 2.38. The highest BCUT2D eigenvalue weighted by atomic mass is 15.2. The number of benzene rings is 1. The van der Waals surface area contributed by atoms with Crippen molar-refractivity contribution in [2.24, 2.45) is 5.73 Å². The van der Waals surface area contributed by atoms with Gasteiger partial charge >= 0.3 is 0 Å². The van der Waals surface area contributed by atoms with Gasteiger partial charge in [0.05, 0.1) is 5.69 Å². The van der Waals surface area contributed by atoms with E-state index in [2.05, 4.69) is 16.9 Å². The zero-order valence-electron chi connectivity index (χ0n) is 11.8. The average Bonchev–Trinajstić information content (AvgIpc) is 2.47. The topological polar surface area (TPSA) is 78.9 Å². The molecule has 5 nitrogen and oxygen atoms in total. The lowest BCUT2D eigenvalue weighted by atomic mass is 10.1. The van der Waals surface area contributed by atoms with Crippen molar-refractivity contribution in [2.45, 2.75) is 19.8 Å². The van der Waals surface area contributed by atoms with Crippen LogP contribution in [0.15, 0.2) is 36.7 Å². The zero-order valence-corrected chi connectivity index (χ0v) is 11.8. The molecule has 2 aromatic rings. The molecule has 0 aliphatic rings. The Bertz CT molecular complexity index is 609.